The van der Waals surface area contributed by atoms with Gasteiger partial charge in [0, 0.05) is 11.8 Å². The minimum atomic E-state index is -0.294. The van der Waals surface area contributed by atoms with E-state index < -0.39 is 0 Å². The van der Waals surface area contributed by atoms with Crippen molar-refractivity contribution in [3.05, 3.63) is 58.1 Å². The zero-order chi connectivity index (χ0) is 14.0. The highest BCUT2D eigenvalue weighted by Gasteiger charge is 2.12. The van der Waals surface area contributed by atoms with E-state index in [-0.39, 0.29) is 11.7 Å². The Balaban J connectivity index is 2.26. The third-order valence-electron chi connectivity index (χ3n) is 2.90. The van der Waals surface area contributed by atoms with Gasteiger partial charge in [0.05, 0.1) is 10.6 Å². The van der Waals surface area contributed by atoms with Crippen LogP contribution in [0.3, 0.4) is 0 Å². The number of amides is 1. The number of anilines is 1. The largest absolute Gasteiger partial charge is 0.508 e. The summed E-state index contributed by atoms with van der Waals surface area (Å²) < 4.78 is 0. The summed E-state index contributed by atoms with van der Waals surface area (Å²) in [6.07, 6.45) is 0. The van der Waals surface area contributed by atoms with E-state index in [4.69, 9.17) is 11.6 Å². The van der Waals surface area contributed by atoms with Gasteiger partial charge in [0.2, 0.25) is 0 Å². The predicted octanol–water partition coefficient (Wildman–Crippen LogP) is 3.91. The molecule has 0 spiro atoms. The van der Waals surface area contributed by atoms with Crippen LogP contribution in [0.1, 0.15) is 21.5 Å². The van der Waals surface area contributed by atoms with E-state index in [0.29, 0.717) is 16.3 Å². The Morgan fingerprint density at radius 3 is 2.58 bits per heavy atom. The molecule has 0 bridgehead atoms. The third-order valence-corrected chi connectivity index (χ3v) is 3.41. The van der Waals surface area contributed by atoms with Crippen molar-refractivity contribution in [2.24, 2.45) is 0 Å². The number of rotatable bonds is 2. The summed E-state index contributed by atoms with van der Waals surface area (Å²) in [5.41, 5.74) is 2.56. The highest BCUT2D eigenvalue weighted by Crippen LogP contribution is 2.24. The molecule has 0 aliphatic carbocycles. The Bertz CT molecular complexity index is 638. The van der Waals surface area contributed by atoms with E-state index in [1.165, 1.54) is 6.07 Å². The Morgan fingerprint density at radius 1 is 1.16 bits per heavy atom. The number of phenolic OH excluding ortho intramolecular Hbond substituents is 1. The first kappa shape index (κ1) is 13.4. The van der Waals surface area contributed by atoms with E-state index >= 15 is 0 Å². The third kappa shape index (κ3) is 2.88. The molecule has 19 heavy (non-hydrogen) atoms. The molecule has 0 unspecified atom stereocenters. The summed E-state index contributed by atoms with van der Waals surface area (Å²) in [5.74, 6) is -0.148. The van der Waals surface area contributed by atoms with Crippen molar-refractivity contribution in [2.75, 3.05) is 5.32 Å². The molecule has 2 rings (SSSR count). The first-order valence-corrected chi connectivity index (χ1v) is 6.23. The van der Waals surface area contributed by atoms with E-state index in [1.54, 1.807) is 31.2 Å². The number of aromatic hydroxyl groups is 1. The van der Waals surface area contributed by atoms with Gasteiger partial charge in [-0.15, -0.1) is 0 Å². The van der Waals surface area contributed by atoms with Gasteiger partial charge in [-0.1, -0.05) is 29.8 Å². The first-order chi connectivity index (χ1) is 8.99. The quantitative estimate of drug-likeness (QED) is 0.873. The number of carbonyl (C=O) groups is 1. The Labute approximate surface area is 116 Å². The van der Waals surface area contributed by atoms with Crippen LogP contribution in [-0.4, -0.2) is 11.0 Å². The van der Waals surface area contributed by atoms with Crippen molar-refractivity contribution >= 4 is 23.2 Å². The van der Waals surface area contributed by atoms with Crippen LogP contribution in [0, 0.1) is 13.8 Å². The second kappa shape index (κ2) is 5.33. The maximum Gasteiger partial charge on any atom is 0.257 e. The highest BCUT2D eigenvalue weighted by atomic mass is 35.5. The van der Waals surface area contributed by atoms with Crippen molar-refractivity contribution in [1.82, 2.24) is 0 Å². The number of benzene rings is 2. The van der Waals surface area contributed by atoms with E-state index in [9.17, 15) is 9.90 Å². The summed E-state index contributed by atoms with van der Waals surface area (Å²) >= 11 is 6.10. The molecule has 1 amide bonds. The summed E-state index contributed by atoms with van der Waals surface area (Å²) in [4.78, 5) is 12.1. The average Bonchev–Trinajstić information content (AvgIpc) is 2.37. The van der Waals surface area contributed by atoms with Crippen molar-refractivity contribution in [3.8, 4) is 5.75 Å². The van der Waals surface area contributed by atoms with Gasteiger partial charge in [-0.05, 0) is 37.1 Å². The van der Waals surface area contributed by atoms with Crippen molar-refractivity contribution in [3.63, 3.8) is 0 Å². The minimum Gasteiger partial charge on any atom is -0.508 e. The van der Waals surface area contributed by atoms with Gasteiger partial charge in [0.15, 0.2) is 0 Å². The Hall–Kier alpha value is -2.00. The molecule has 2 aromatic carbocycles. The van der Waals surface area contributed by atoms with Gasteiger partial charge in [-0.25, -0.2) is 0 Å². The second-order valence-corrected chi connectivity index (χ2v) is 4.77. The first-order valence-electron chi connectivity index (χ1n) is 5.85. The summed E-state index contributed by atoms with van der Waals surface area (Å²) in [5, 5.41) is 12.8. The van der Waals surface area contributed by atoms with Gasteiger partial charge < -0.3 is 10.4 Å². The molecule has 2 N–H and O–H groups in total. The molecule has 0 saturated heterocycles. The van der Waals surface area contributed by atoms with Crippen LogP contribution < -0.4 is 5.32 Å². The van der Waals surface area contributed by atoms with E-state index in [0.717, 1.165) is 11.1 Å². The fourth-order valence-electron chi connectivity index (χ4n) is 1.71. The maximum atomic E-state index is 12.1. The zero-order valence-corrected chi connectivity index (χ0v) is 11.5. The molecule has 2 aromatic rings. The molecular weight excluding hydrogens is 262 g/mol. The molecule has 3 nitrogen and oxygen atoms in total. The van der Waals surface area contributed by atoms with Crippen LogP contribution in [0.25, 0.3) is 0 Å². The lowest BCUT2D eigenvalue weighted by Gasteiger charge is -2.09. The SMILES string of the molecule is Cc1ccc(NC(=O)c2cccc(C)c2Cl)cc1O. The lowest BCUT2D eigenvalue weighted by atomic mass is 10.1. The monoisotopic (exact) mass is 275 g/mol. The van der Waals surface area contributed by atoms with Crippen LogP contribution >= 0.6 is 11.6 Å². The lowest BCUT2D eigenvalue weighted by molar-refractivity contribution is 0.102. The van der Waals surface area contributed by atoms with Crippen LogP contribution in [0.2, 0.25) is 5.02 Å². The summed E-state index contributed by atoms with van der Waals surface area (Å²) in [7, 11) is 0. The Morgan fingerprint density at radius 2 is 1.89 bits per heavy atom. The molecule has 0 aromatic heterocycles. The number of carbonyl (C=O) groups excluding carboxylic acids is 1. The molecule has 0 heterocycles. The van der Waals surface area contributed by atoms with Crippen LogP contribution in [0.4, 0.5) is 5.69 Å². The van der Waals surface area contributed by atoms with Gasteiger partial charge in [0.1, 0.15) is 5.75 Å². The fraction of sp³-hybridized carbons (Fsp3) is 0.133. The van der Waals surface area contributed by atoms with E-state index in [2.05, 4.69) is 5.32 Å². The van der Waals surface area contributed by atoms with Crippen LogP contribution in [-0.2, 0) is 0 Å². The normalized spacial score (nSPS) is 10.3. The molecule has 0 fully saturated rings. The Kier molecular flexibility index (Phi) is 3.76. The number of phenols is 1. The molecule has 0 aliphatic heterocycles. The molecule has 4 heteroatoms. The minimum absolute atomic E-state index is 0.146. The smallest absolute Gasteiger partial charge is 0.257 e. The number of hydrogen-bond donors (Lipinski definition) is 2. The van der Waals surface area contributed by atoms with Crippen molar-refractivity contribution < 1.29 is 9.90 Å². The summed E-state index contributed by atoms with van der Waals surface area (Å²) in [6.45, 7) is 3.63. The second-order valence-electron chi connectivity index (χ2n) is 4.39. The fourth-order valence-corrected chi connectivity index (χ4v) is 1.92. The molecule has 0 saturated carbocycles. The number of hydrogen-bond acceptors (Lipinski definition) is 2. The molecule has 0 atom stereocenters. The van der Waals surface area contributed by atoms with Crippen LogP contribution in [0.15, 0.2) is 36.4 Å². The van der Waals surface area contributed by atoms with Crippen LogP contribution in [0.5, 0.6) is 5.75 Å². The van der Waals surface area contributed by atoms with Gasteiger partial charge >= 0.3 is 0 Å². The maximum absolute atomic E-state index is 12.1. The highest BCUT2D eigenvalue weighted by molar-refractivity contribution is 6.35. The molecule has 98 valence electrons. The van der Waals surface area contributed by atoms with Gasteiger partial charge in [-0.2, -0.15) is 0 Å². The number of nitrogens with one attached hydrogen (secondary N) is 1. The molecule has 0 aliphatic rings. The number of aryl methyl sites for hydroxylation is 2. The lowest BCUT2D eigenvalue weighted by Crippen LogP contribution is -2.12. The van der Waals surface area contributed by atoms with Crippen molar-refractivity contribution in [2.45, 2.75) is 13.8 Å². The molecule has 0 radical (unpaired) electrons. The summed E-state index contributed by atoms with van der Waals surface area (Å²) in [6, 6.07) is 10.3. The van der Waals surface area contributed by atoms with Crippen molar-refractivity contribution in [1.29, 1.82) is 0 Å². The number of halogens is 1. The van der Waals surface area contributed by atoms with E-state index in [1.807, 2.05) is 13.0 Å². The average molecular weight is 276 g/mol. The predicted molar refractivity (Wildman–Crippen MR) is 77.0 cm³/mol. The van der Waals surface area contributed by atoms with Gasteiger partial charge in [0.25, 0.3) is 5.91 Å². The van der Waals surface area contributed by atoms with Gasteiger partial charge in [-0.3, -0.25) is 4.79 Å². The topological polar surface area (TPSA) is 49.3 Å². The zero-order valence-electron chi connectivity index (χ0n) is 10.7. The molecular formula is C15H14ClNO2. The standard InChI is InChI=1S/C15H14ClNO2/c1-9-6-7-11(8-13(9)18)17-15(19)12-5-3-4-10(2)14(12)16/h3-8,18H,1-2H3,(H,17,19).